The molecule has 5 rings (SSSR count). The lowest BCUT2D eigenvalue weighted by Crippen LogP contribution is -2.38. The second-order valence-corrected chi connectivity index (χ2v) is 7.37. The Kier molecular flexibility index (Phi) is 4.07. The average Bonchev–Trinajstić information content (AvgIpc) is 3.26. The zero-order chi connectivity index (χ0) is 19.1. The van der Waals surface area contributed by atoms with E-state index in [1.807, 2.05) is 16.9 Å². The molecule has 28 heavy (non-hydrogen) atoms. The van der Waals surface area contributed by atoms with Crippen molar-refractivity contribution in [2.45, 2.75) is 44.8 Å². The van der Waals surface area contributed by atoms with Gasteiger partial charge >= 0.3 is 0 Å². The van der Waals surface area contributed by atoms with Gasteiger partial charge in [-0.15, -0.1) is 0 Å². The van der Waals surface area contributed by atoms with Crippen molar-refractivity contribution < 1.29 is 9.59 Å². The molecule has 0 saturated heterocycles. The predicted molar refractivity (Wildman–Crippen MR) is 99.4 cm³/mol. The zero-order valence-corrected chi connectivity index (χ0v) is 15.4. The molecule has 0 bridgehead atoms. The van der Waals surface area contributed by atoms with Gasteiger partial charge in [0.2, 0.25) is 11.7 Å². The van der Waals surface area contributed by atoms with Gasteiger partial charge in [0.25, 0.3) is 5.91 Å². The van der Waals surface area contributed by atoms with Crippen LogP contribution in [-0.2, 0) is 24.3 Å². The third-order valence-electron chi connectivity index (χ3n) is 5.14. The van der Waals surface area contributed by atoms with Crippen molar-refractivity contribution in [3.8, 4) is 0 Å². The van der Waals surface area contributed by atoms with E-state index in [4.69, 9.17) is 0 Å². The maximum absolute atomic E-state index is 12.8. The Balaban J connectivity index is 1.25. The molecule has 144 valence electrons. The third-order valence-corrected chi connectivity index (χ3v) is 5.14. The summed E-state index contributed by atoms with van der Waals surface area (Å²) in [7, 11) is 0. The van der Waals surface area contributed by atoms with Crippen molar-refractivity contribution in [2.24, 2.45) is 0 Å². The van der Waals surface area contributed by atoms with Crippen LogP contribution in [0.15, 0.2) is 30.7 Å². The van der Waals surface area contributed by atoms with Crippen LogP contribution in [0.25, 0.3) is 5.78 Å². The topological polar surface area (TPSA) is 97.4 Å². The summed E-state index contributed by atoms with van der Waals surface area (Å²) in [6.45, 7) is 1.71. The van der Waals surface area contributed by atoms with Crippen LogP contribution < -0.4 is 5.32 Å². The first kappa shape index (κ1) is 16.9. The molecule has 0 atom stereocenters. The number of hydrogen-bond donors (Lipinski definition) is 1. The number of rotatable bonds is 5. The molecule has 2 amide bonds. The minimum absolute atomic E-state index is 0.0886. The van der Waals surface area contributed by atoms with Crippen LogP contribution in [0.1, 0.15) is 41.1 Å². The van der Waals surface area contributed by atoms with Crippen molar-refractivity contribution in [2.75, 3.05) is 6.54 Å². The van der Waals surface area contributed by atoms with E-state index in [0.717, 1.165) is 24.2 Å². The number of nitrogens with zero attached hydrogens (tertiary/aromatic N) is 6. The van der Waals surface area contributed by atoms with Crippen LogP contribution in [0, 0.1) is 0 Å². The number of carbonyl (C=O) groups excluding carboxylic acids is 2. The molecule has 1 fully saturated rings. The number of amides is 2. The Morgan fingerprint density at radius 3 is 2.96 bits per heavy atom. The van der Waals surface area contributed by atoms with Gasteiger partial charge in [-0.25, -0.2) is 9.97 Å². The van der Waals surface area contributed by atoms with Crippen LogP contribution >= 0.6 is 0 Å². The lowest BCUT2D eigenvalue weighted by Gasteiger charge is -2.26. The maximum atomic E-state index is 12.8. The lowest BCUT2D eigenvalue weighted by atomic mass is 10.2. The average molecular weight is 379 g/mol. The molecule has 9 nitrogen and oxygen atoms in total. The molecule has 3 aromatic rings. The van der Waals surface area contributed by atoms with Crippen LogP contribution in [0.3, 0.4) is 0 Å². The first-order valence-corrected chi connectivity index (χ1v) is 9.60. The van der Waals surface area contributed by atoms with E-state index in [1.54, 1.807) is 27.8 Å². The van der Waals surface area contributed by atoms with Crippen LogP contribution in [0.4, 0.5) is 0 Å². The highest BCUT2D eigenvalue weighted by Crippen LogP contribution is 2.19. The zero-order valence-electron chi connectivity index (χ0n) is 15.4. The summed E-state index contributed by atoms with van der Waals surface area (Å²) in [6, 6.07) is 4.18. The minimum atomic E-state index is -0.108. The summed E-state index contributed by atoms with van der Waals surface area (Å²) in [5.41, 5.74) is 2.27. The molecule has 0 unspecified atom stereocenters. The number of fused-ring (bicyclic) bond motifs is 2. The highest BCUT2D eigenvalue weighted by Gasteiger charge is 2.26. The maximum Gasteiger partial charge on any atom is 0.274 e. The van der Waals surface area contributed by atoms with Crippen molar-refractivity contribution in [3.63, 3.8) is 0 Å². The van der Waals surface area contributed by atoms with E-state index in [0.29, 0.717) is 50.0 Å². The van der Waals surface area contributed by atoms with Gasteiger partial charge in [-0.2, -0.15) is 5.10 Å². The Morgan fingerprint density at radius 2 is 2.14 bits per heavy atom. The van der Waals surface area contributed by atoms with Gasteiger partial charge in [-0.1, -0.05) is 0 Å². The third kappa shape index (κ3) is 3.35. The summed E-state index contributed by atoms with van der Waals surface area (Å²) < 4.78 is 3.68. The van der Waals surface area contributed by atoms with Gasteiger partial charge in [-0.3, -0.25) is 18.7 Å². The molecule has 3 aromatic heterocycles. The summed E-state index contributed by atoms with van der Waals surface area (Å²) >= 11 is 0. The molecule has 1 saturated carbocycles. The van der Waals surface area contributed by atoms with Crippen LogP contribution in [-0.4, -0.2) is 53.5 Å². The lowest BCUT2D eigenvalue weighted by molar-refractivity contribution is -0.121. The van der Waals surface area contributed by atoms with Crippen molar-refractivity contribution in [1.82, 2.24) is 34.4 Å². The molecule has 2 aliphatic rings. The van der Waals surface area contributed by atoms with Gasteiger partial charge in [0, 0.05) is 44.0 Å². The molecule has 1 aliphatic heterocycles. The monoisotopic (exact) mass is 379 g/mol. The number of nitrogens with one attached hydrogen (secondary N) is 1. The second kappa shape index (κ2) is 6.74. The number of hydrogen-bond acceptors (Lipinski definition) is 5. The number of carbonyl (C=O) groups is 2. The predicted octanol–water partition coefficient (Wildman–Crippen LogP) is 0.793. The van der Waals surface area contributed by atoms with Crippen molar-refractivity contribution in [3.05, 3.63) is 47.8 Å². The van der Waals surface area contributed by atoms with Crippen molar-refractivity contribution in [1.29, 1.82) is 0 Å². The minimum Gasteiger partial charge on any atom is -0.353 e. The van der Waals surface area contributed by atoms with E-state index in [-0.39, 0.29) is 11.8 Å². The molecule has 0 radical (unpaired) electrons. The highest BCUT2D eigenvalue weighted by molar-refractivity contribution is 5.92. The first-order chi connectivity index (χ1) is 13.7. The quantitative estimate of drug-likeness (QED) is 0.707. The Bertz CT molecular complexity index is 1020. The Labute approximate surface area is 161 Å². The Morgan fingerprint density at radius 1 is 1.25 bits per heavy atom. The molecular formula is C19H21N7O2. The molecular weight excluding hydrogens is 358 g/mol. The molecule has 1 N–H and O–H groups in total. The van der Waals surface area contributed by atoms with E-state index < -0.39 is 0 Å². The van der Waals surface area contributed by atoms with Crippen LogP contribution in [0.5, 0.6) is 0 Å². The van der Waals surface area contributed by atoms with E-state index in [2.05, 4.69) is 20.4 Å². The normalized spacial score (nSPS) is 16.2. The smallest absolute Gasteiger partial charge is 0.274 e. The van der Waals surface area contributed by atoms with E-state index in [9.17, 15) is 9.59 Å². The van der Waals surface area contributed by atoms with Crippen LogP contribution in [0.2, 0.25) is 0 Å². The molecule has 0 spiro atoms. The number of aryl methyl sites for hydroxylation is 1. The fourth-order valence-corrected chi connectivity index (χ4v) is 3.49. The number of aromatic nitrogens is 5. The summed E-state index contributed by atoms with van der Waals surface area (Å²) in [5.74, 6) is 0.494. The fourth-order valence-electron chi connectivity index (χ4n) is 3.49. The second-order valence-electron chi connectivity index (χ2n) is 7.37. The highest BCUT2D eigenvalue weighted by atomic mass is 16.2. The van der Waals surface area contributed by atoms with Gasteiger partial charge in [-0.05, 0) is 25.0 Å². The number of imidazole rings is 1. The van der Waals surface area contributed by atoms with Gasteiger partial charge < -0.3 is 10.2 Å². The van der Waals surface area contributed by atoms with Gasteiger partial charge in [0.15, 0.2) is 0 Å². The Hall–Kier alpha value is -3.23. The summed E-state index contributed by atoms with van der Waals surface area (Å²) in [4.78, 5) is 35.0. The molecule has 1 aliphatic carbocycles. The van der Waals surface area contributed by atoms with Gasteiger partial charge in [0.1, 0.15) is 5.69 Å². The molecule has 0 aromatic carbocycles. The van der Waals surface area contributed by atoms with E-state index in [1.165, 1.54) is 0 Å². The SMILES string of the molecule is O=C(CCc1cc2n(n1)CCN(C(=O)c1cn3cccnc3n1)C2)NC1CC1. The van der Waals surface area contributed by atoms with Crippen molar-refractivity contribution >= 4 is 17.6 Å². The standard InChI is InChI=1S/C19H21N7O2/c27-17(21-13-2-3-13)5-4-14-10-15-11-24(8-9-26(15)23-14)18(28)16-12-25-7-1-6-20-19(25)22-16/h1,6-7,10,12-13H,2-5,8-9,11H2,(H,21,27). The summed E-state index contributed by atoms with van der Waals surface area (Å²) in [5, 5.41) is 7.58. The fraction of sp³-hybridized carbons (Fsp3) is 0.421. The van der Waals surface area contributed by atoms with Gasteiger partial charge in [0.05, 0.1) is 24.5 Å². The molecule has 4 heterocycles. The van der Waals surface area contributed by atoms with E-state index >= 15 is 0 Å². The molecule has 9 heteroatoms. The largest absolute Gasteiger partial charge is 0.353 e. The first-order valence-electron chi connectivity index (χ1n) is 9.60. The summed E-state index contributed by atoms with van der Waals surface area (Å²) in [6.07, 6.45) is 8.44.